The number of nitrogens with zero attached hydrogens (tertiary/aromatic N) is 2. The summed E-state index contributed by atoms with van der Waals surface area (Å²) < 4.78 is 9.00. The maximum atomic E-state index is 6.70. The number of para-hydroxylation sites is 3. The van der Waals surface area contributed by atoms with Crippen LogP contribution in [-0.2, 0) is 12.0 Å². The van der Waals surface area contributed by atoms with E-state index in [-0.39, 0.29) is 0 Å². The number of hydrogen-bond donors (Lipinski definition) is 0. The Balaban J connectivity index is 1.15. The second kappa shape index (κ2) is 9.68. The van der Waals surface area contributed by atoms with E-state index in [1.807, 2.05) is 0 Å². The van der Waals surface area contributed by atoms with E-state index in [0.717, 1.165) is 45.4 Å². The summed E-state index contributed by atoms with van der Waals surface area (Å²) >= 11 is 0. The quantitative estimate of drug-likeness (QED) is 0.195. The molecule has 3 heteroatoms. The van der Waals surface area contributed by atoms with Crippen LogP contribution >= 0.6 is 0 Å². The Morgan fingerprint density at radius 1 is 0.531 bits per heavy atom. The first kappa shape index (κ1) is 26.8. The van der Waals surface area contributed by atoms with Gasteiger partial charge < -0.3 is 8.98 Å². The summed E-state index contributed by atoms with van der Waals surface area (Å²) in [4.78, 5) is 5.03. The highest BCUT2D eigenvalue weighted by atomic mass is 16.3. The third-order valence-electron chi connectivity index (χ3n) is 11.0. The van der Waals surface area contributed by atoms with Crippen molar-refractivity contribution in [3.63, 3.8) is 0 Å². The van der Waals surface area contributed by atoms with Gasteiger partial charge in [0.25, 0.3) is 0 Å². The van der Waals surface area contributed by atoms with Crippen molar-refractivity contribution in [2.24, 2.45) is 0 Å². The molecule has 2 aliphatic carbocycles. The second-order valence-electron chi connectivity index (χ2n) is 13.3. The first-order valence-corrected chi connectivity index (χ1v) is 17.1. The number of aromatic nitrogens is 2. The minimum atomic E-state index is -0.451. The molecule has 2 aliphatic rings. The Morgan fingerprint density at radius 2 is 1.16 bits per heavy atom. The molecule has 1 atom stereocenters. The van der Waals surface area contributed by atoms with Crippen LogP contribution in [0.2, 0.25) is 0 Å². The van der Waals surface area contributed by atoms with Crippen LogP contribution in [0.4, 0.5) is 0 Å². The molecule has 0 amide bonds. The summed E-state index contributed by atoms with van der Waals surface area (Å²) in [5, 5.41) is 2.32. The topological polar surface area (TPSA) is 31.0 Å². The number of furan rings is 1. The molecule has 0 saturated carbocycles. The van der Waals surface area contributed by atoms with Gasteiger partial charge in [0.05, 0.1) is 16.4 Å². The molecule has 0 N–H and O–H groups in total. The van der Waals surface area contributed by atoms with Crippen molar-refractivity contribution in [3.8, 4) is 44.8 Å². The number of aryl methyl sites for hydroxylation is 1. The van der Waals surface area contributed by atoms with E-state index in [4.69, 9.17) is 9.40 Å². The third kappa shape index (κ3) is 3.34. The molecule has 230 valence electrons. The highest BCUT2D eigenvalue weighted by Gasteiger charge is 2.53. The predicted octanol–water partition coefficient (Wildman–Crippen LogP) is 11.6. The van der Waals surface area contributed by atoms with Crippen molar-refractivity contribution < 1.29 is 4.42 Å². The monoisotopic (exact) mass is 626 g/mol. The molecule has 2 aromatic heterocycles. The second-order valence-corrected chi connectivity index (χ2v) is 13.3. The summed E-state index contributed by atoms with van der Waals surface area (Å²) in [6.07, 6.45) is 0. The minimum Gasteiger partial charge on any atom is -0.455 e. The van der Waals surface area contributed by atoms with Crippen molar-refractivity contribution in [1.82, 2.24) is 9.55 Å². The Labute approximate surface area is 283 Å². The molecule has 49 heavy (non-hydrogen) atoms. The van der Waals surface area contributed by atoms with Gasteiger partial charge in [0.1, 0.15) is 17.0 Å². The SMILES string of the molecule is CCn1c(-c2ccc(-c3cccc4c3-c3ccccc3C43c4ccccc4-c4c3ccc3c4oc4ccccc43)cc2)nc2ccccc21. The number of imidazole rings is 1. The standard InChI is InChI=1S/C46H30N2O/c1-2-48-40-20-9-8-19-39(40)47-45(48)29-24-22-28(23-25-29)30-15-11-18-37-42(30)33-13-3-6-16-35(33)46(37)36-17-7-4-14-34(36)43-38(46)27-26-32-31-12-5-10-21-41(31)49-44(32)43/h3-27H,2H2,1H3. The van der Waals surface area contributed by atoms with E-state index in [1.54, 1.807) is 0 Å². The molecule has 1 unspecified atom stereocenters. The van der Waals surface area contributed by atoms with E-state index in [0.29, 0.717) is 0 Å². The summed E-state index contributed by atoms with van der Waals surface area (Å²) in [5.74, 6) is 1.01. The molecule has 0 saturated heterocycles. The zero-order chi connectivity index (χ0) is 32.3. The lowest BCUT2D eigenvalue weighted by molar-refractivity contribution is 0.669. The molecule has 0 radical (unpaired) electrons. The summed E-state index contributed by atoms with van der Waals surface area (Å²) in [6, 6.07) is 55.3. The van der Waals surface area contributed by atoms with Gasteiger partial charge in [0.15, 0.2) is 0 Å². The molecule has 1 spiro atoms. The van der Waals surface area contributed by atoms with Crippen LogP contribution in [0, 0.1) is 0 Å². The largest absolute Gasteiger partial charge is 0.455 e. The number of rotatable bonds is 3. The zero-order valence-electron chi connectivity index (χ0n) is 26.9. The van der Waals surface area contributed by atoms with Crippen LogP contribution in [0.3, 0.4) is 0 Å². The molecule has 3 nitrogen and oxygen atoms in total. The molecular weight excluding hydrogens is 597 g/mol. The van der Waals surface area contributed by atoms with Crippen LogP contribution in [0.5, 0.6) is 0 Å². The van der Waals surface area contributed by atoms with Gasteiger partial charge in [-0.2, -0.15) is 0 Å². The van der Waals surface area contributed by atoms with E-state index in [9.17, 15) is 0 Å². The first-order valence-electron chi connectivity index (χ1n) is 17.1. The van der Waals surface area contributed by atoms with Gasteiger partial charge >= 0.3 is 0 Å². The van der Waals surface area contributed by atoms with Gasteiger partial charge in [-0.1, -0.05) is 133 Å². The molecule has 0 aliphatic heterocycles. The Hall–Kier alpha value is -6.19. The van der Waals surface area contributed by atoms with Gasteiger partial charge in [-0.25, -0.2) is 4.98 Å². The van der Waals surface area contributed by atoms with Crippen molar-refractivity contribution in [1.29, 1.82) is 0 Å². The third-order valence-corrected chi connectivity index (χ3v) is 11.0. The maximum absolute atomic E-state index is 6.70. The van der Waals surface area contributed by atoms with E-state index in [2.05, 4.69) is 163 Å². The van der Waals surface area contributed by atoms with E-state index < -0.39 is 5.41 Å². The Morgan fingerprint density at radius 3 is 1.98 bits per heavy atom. The summed E-state index contributed by atoms with van der Waals surface area (Å²) in [7, 11) is 0. The molecule has 0 bridgehead atoms. The average Bonchev–Trinajstić information content (AvgIpc) is 3.89. The molecular formula is C46H30N2O. The fraction of sp³-hybridized carbons (Fsp3) is 0.0652. The van der Waals surface area contributed by atoms with Crippen LogP contribution in [0.1, 0.15) is 29.2 Å². The zero-order valence-corrected chi connectivity index (χ0v) is 26.9. The van der Waals surface area contributed by atoms with Crippen LogP contribution in [0.25, 0.3) is 77.7 Å². The maximum Gasteiger partial charge on any atom is 0.143 e. The predicted molar refractivity (Wildman–Crippen MR) is 200 cm³/mol. The number of fused-ring (bicyclic) bond motifs is 15. The van der Waals surface area contributed by atoms with Gasteiger partial charge in [-0.05, 0) is 75.2 Å². The van der Waals surface area contributed by atoms with E-state index in [1.165, 1.54) is 61.2 Å². The number of benzene rings is 7. The van der Waals surface area contributed by atoms with Gasteiger partial charge in [-0.15, -0.1) is 0 Å². The highest BCUT2D eigenvalue weighted by molar-refractivity contribution is 6.13. The van der Waals surface area contributed by atoms with Gasteiger partial charge in [-0.3, -0.25) is 0 Å². The lowest BCUT2D eigenvalue weighted by atomic mass is 9.70. The van der Waals surface area contributed by atoms with Crippen molar-refractivity contribution in [2.45, 2.75) is 18.9 Å². The van der Waals surface area contributed by atoms with Crippen LogP contribution in [0.15, 0.2) is 156 Å². The molecule has 11 rings (SSSR count). The fourth-order valence-corrected chi connectivity index (χ4v) is 9.11. The summed E-state index contributed by atoms with van der Waals surface area (Å²) in [6.45, 7) is 3.05. The average molecular weight is 627 g/mol. The van der Waals surface area contributed by atoms with Crippen molar-refractivity contribution >= 4 is 33.0 Å². The van der Waals surface area contributed by atoms with Crippen molar-refractivity contribution in [3.05, 3.63) is 174 Å². The first-order chi connectivity index (χ1) is 24.3. The minimum absolute atomic E-state index is 0.451. The molecule has 9 aromatic rings. The lowest BCUT2D eigenvalue weighted by Gasteiger charge is -2.30. The van der Waals surface area contributed by atoms with Gasteiger partial charge in [0.2, 0.25) is 0 Å². The Kier molecular flexibility index (Phi) is 5.30. The van der Waals surface area contributed by atoms with Gasteiger partial charge in [0, 0.05) is 28.4 Å². The van der Waals surface area contributed by atoms with Crippen molar-refractivity contribution in [2.75, 3.05) is 0 Å². The number of hydrogen-bond acceptors (Lipinski definition) is 2. The fourth-order valence-electron chi connectivity index (χ4n) is 9.11. The smallest absolute Gasteiger partial charge is 0.143 e. The Bertz CT molecular complexity index is 2820. The summed E-state index contributed by atoms with van der Waals surface area (Å²) in [5.41, 5.74) is 17.5. The highest BCUT2D eigenvalue weighted by Crippen LogP contribution is 2.65. The van der Waals surface area contributed by atoms with Crippen LogP contribution < -0.4 is 0 Å². The molecule has 7 aromatic carbocycles. The molecule has 0 fully saturated rings. The van der Waals surface area contributed by atoms with Crippen LogP contribution in [-0.4, -0.2) is 9.55 Å². The molecule has 2 heterocycles. The normalized spacial score (nSPS) is 15.6. The van der Waals surface area contributed by atoms with E-state index >= 15 is 0 Å². The lowest BCUT2D eigenvalue weighted by Crippen LogP contribution is -2.25.